The first-order valence-corrected chi connectivity index (χ1v) is 6.85. The molecule has 0 radical (unpaired) electrons. The molecule has 0 aromatic heterocycles. The van der Waals surface area contributed by atoms with Gasteiger partial charge >= 0.3 is 0 Å². The molecule has 0 heterocycles. The third-order valence-corrected chi connectivity index (χ3v) is 3.32. The molecule has 0 nitrogen and oxygen atoms in total. The Hall–Kier alpha value is 0.217. The van der Waals surface area contributed by atoms with Crippen LogP contribution >= 0.6 is 0 Å². The van der Waals surface area contributed by atoms with Crippen LogP contribution in [0.25, 0.3) is 0 Å². The van der Waals surface area contributed by atoms with E-state index in [9.17, 15) is 0 Å². The van der Waals surface area contributed by atoms with E-state index in [4.69, 9.17) is 0 Å². The molecule has 1 rings (SSSR count). The molecule has 0 amide bonds. The highest BCUT2D eigenvalue weighted by molar-refractivity contribution is 6.33. The zero-order valence-electron chi connectivity index (χ0n) is 7.11. The summed E-state index contributed by atoms with van der Waals surface area (Å²) in [5.41, 5.74) is 0. The van der Waals surface area contributed by atoms with Crippen LogP contribution in [0.3, 0.4) is 0 Å². The summed E-state index contributed by atoms with van der Waals surface area (Å²) >= 11 is 0. The minimum absolute atomic E-state index is 0.407. The maximum atomic E-state index is 2.42. The Morgan fingerprint density at radius 2 is 1.89 bits per heavy atom. The highest BCUT2D eigenvalue weighted by atomic mass is 28.2. The fourth-order valence-corrected chi connectivity index (χ4v) is 2.58. The van der Waals surface area contributed by atoms with Crippen LogP contribution < -0.4 is 0 Å². The molecule has 0 unspecified atom stereocenters. The highest BCUT2D eigenvalue weighted by Crippen LogP contribution is 2.29. The average Bonchev–Trinajstić information content (AvgIpc) is 1.84. The van der Waals surface area contributed by atoms with Gasteiger partial charge in [-0.1, -0.05) is 45.7 Å². The molecule has 0 N–H and O–H groups in total. The molecular formula is C8H20Si. The molecule has 1 aliphatic carbocycles. The Labute approximate surface area is 61.9 Å². The van der Waals surface area contributed by atoms with E-state index in [1.807, 2.05) is 13.8 Å². The van der Waals surface area contributed by atoms with Gasteiger partial charge in [-0.05, 0) is 5.92 Å². The quantitative estimate of drug-likeness (QED) is 0.522. The Bertz CT molecular complexity index is 48.5. The van der Waals surface area contributed by atoms with Gasteiger partial charge in [0, 0.05) is 9.52 Å². The van der Waals surface area contributed by atoms with Crippen molar-refractivity contribution in [3.8, 4) is 0 Å². The monoisotopic (exact) mass is 144 g/mol. The van der Waals surface area contributed by atoms with Crippen LogP contribution in [0.15, 0.2) is 0 Å². The van der Waals surface area contributed by atoms with E-state index >= 15 is 0 Å². The van der Waals surface area contributed by atoms with E-state index in [0.29, 0.717) is 9.52 Å². The summed E-state index contributed by atoms with van der Waals surface area (Å²) in [4.78, 5) is 0. The molecule has 1 heteroatoms. The average molecular weight is 144 g/mol. The summed E-state index contributed by atoms with van der Waals surface area (Å²) in [5.74, 6) is 1.19. The van der Waals surface area contributed by atoms with Gasteiger partial charge in [-0.25, -0.2) is 0 Å². The summed E-state index contributed by atoms with van der Waals surface area (Å²) in [7, 11) is 0.407. The van der Waals surface area contributed by atoms with Crippen molar-refractivity contribution in [2.75, 3.05) is 0 Å². The van der Waals surface area contributed by atoms with Gasteiger partial charge < -0.3 is 0 Å². The number of hydrogen-bond acceptors (Lipinski definition) is 0. The van der Waals surface area contributed by atoms with Gasteiger partial charge in [-0.2, -0.15) is 0 Å². The van der Waals surface area contributed by atoms with Crippen molar-refractivity contribution >= 4 is 9.52 Å². The van der Waals surface area contributed by atoms with Crippen molar-refractivity contribution in [3.05, 3.63) is 0 Å². The van der Waals surface area contributed by atoms with Crippen LogP contribution in [0.5, 0.6) is 0 Å². The molecule has 0 aromatic carbocycles. The molecule has 1 fully saturated rings. The van der Waals surface area contributed by atoms with E-state index in [1.54, 1.807) is 18.9 Å². The largest absolute Gasteiger partial charge is 0.0748 e. The van der Waals surface area contributed by atoms with Crippen LogP contribution in [0.4, 0.5) is 0 Å². The predicted molar refractivity (Wildman–Crippen MR) is 47.9 cm³/mol. The molecule has 1 aliphatic rings. The fraction of sp³-hybridized carbons (Fsp3) is 1.00. The van der Waals surface area contributed by atoms with Crippen LogP contribution in [0, 0.1) is 5.92 Å². The van der Waals surface area contributed by atoms with Gasteiger partial charge in [0.05, 0.1) is 0 Å². The zero-order chi connectivity index (χ0) is 7.11. The second-order valence-electron chi connectivity index (χ2n) is 2.59. The van der Waals surface area contributed by atoms with Gasteiger partial charge in [-0.3, -0.25) is 0 Å². The first-order valence-electron chi connectivity index (χ1n) is 4.43. The lowest BCUT2D eigenvalue weighted by molar-refractivity contribution is 0.346. The second-order valence-corrected chi connectivity index (χ2v) is 4.16. The minimum Gasteiger partial charge on any atom is -0.0748 e. The van der Waals surface area contributed by atoms with Crippen molar-refractivity contribution in [1.82, 2.24) is 0 Å². The molecule has 0 saturated heterocycles. The van der Waals surface area contributed by atoms with Crippen LogP contribution in [0.2, 0.25) is 12.6 Å². The predicted octanol–water partition coefficient (Wildman–Crippen LogP) is 2.45. The lowest BCUT2D eigenvalue weighted by atomic mass is 9.87. The van der Waals surface area contributed by atoms with Crippen molar-refractivity contribution in [2.24, 2.45) is 5.92 Å². The molecule has 0 atom stereocenters. The van der Waals surface area contributed by atoms with Crippen LogP contribution in [-0.4, -0.2) is 9.52 Å². The molecule has 0 spiro atoms. The van der Waals surface area contributed by atoms with Gasteiger partial charge in [0.2, 0.25) is 0 Å². The highest BCUT2D eigenvalue weighted by Gasteiger charge is 2.14. The van der Waals surface area contributed by atoms with E-state index in [0.717, 1.165) is 0 Å². The van der Waals surface area contributed by atoms with Gasteiger partial charge in [-0.15, -0.1) is 0 Å². The summed E-state index contributed by atoms with van der Waals surface area (Å²) in [5, 5.41) is 0. The Morgan fingerprint density at radius 1 is 1.33 bits per heavy atom. The standard InChI is InChI=1S/C6H14Si.C2H6/c1-7-5-6-3-2-4-6;1-2/h6H,2-5,7H2,1H3;1-2H3. The van der Waals surface area contributed by atoms with E-state index in [2.05, 4.69) is 6.55 Å². The van der Waals surface area contributed by atoms with Crippen molar-refractivity contribution < 1.29 is 0 Å². The second kappa shape index (κ2) is 6.34. The maximum absolute atomic E-state index is 2.42. The van der Waals surface area contributed by atoms with E-state index in [1.165, 1.54) is 12.3 Å². The molecule has 1 saturated carbocycles. The maximum Gasteiger partial charge on any atom is 0.0169 e. The van der Waals surface area contributed by atoms with Crippen molar-refractivity contribution in [1.29, 1.82) is 0 Å². The summed E-state index contributed by atoms with van der Waals surface area (Å²) in [6.07, 6.45) is 4.64. The molecule has 0 bridgehead atoms. The van der Waals surface area contributed by atoms with Crippen molar-refractivity contribution in [2.45, 2.75) is 45.7 Å². The van der Waals surface area contributed by atoms with Crippen LogP contribution in [-0.2, 0) is 0 Å². The third-order valence-electron chi connectivity index (χ3n) is 1.92. The Balaban J connectivity index is 0.000000291. The molecule has 0 aliphatic heterocycles. The third kappa shape index (κ3) is 3.74. The summed E-state index contributed by atoms with van der Waals surface area (Å²) in [6.45, 7) is 6.42. The van der Waals surface area contributed by atoms with Crippen molar-refractivity contribution in [3.63, 3.8) is 0 Å². The normalized spacial score (nSPS) is 19.0. The lowest BCUT2D eigenvalue weighted by Gasteiger charge is -2.24. The molecule has 9 heavy (non-hydrogen) atoms. The first-order chi connectivity index (χ1) is 4.43. The number of hydrogen-bond donors (Lipinski definition) is 0. The Morgan fingerprint density at radius 3 is 2.00 bits per heavy atom. The summed E-state index contributed by atoms with van der Waals surface area (Å²) in [6, 6.07) is 1.62. The molecule has 0 aromatic rings. The van der Waals surface area contributed by atoms with E-state index in [-0.39, 0.29) is 0 Å². The van der Waals surface area contributed by atoms with E-state index < -0.39 is 0 Å². The number of rotatable bonds is 2. The molecular weight excluding hydrogens is 124 g/mol. The fourth-order valence-electron chi connectivity index (χ4n) is 1.19. The first kappa shape index (κ1) is 9.22. The Kier molecular flexibility index (Phi) is 6.49. The SMILES string of the molecule is CC.C[SiH2]CC1CCC1. The van der Waals surface area contributed by atoms with Crippen LogP contribution in [0.1, 0.15) is 33.1 Å². The molecule has 56 valence electrons. The van der Waals surface area contributed by atoms with Gasteiger partial charge in [0.1, 0.15) is 0 Å². The summed E-state index contributed by atoms with van der Waals surface area (Å²) < 4.78 is 0. The zero-order valence-corrected chi connectivity index (χ0v) is 8.53. The smallest absolute Gasteiger partial charge is 0.0169 e. The van der Waals surface area contributed by atoms with Gasteiger partial charge in [0.15, 0.2) is 0 Å². The lowest BCUT2D eigenvalue weighted by Crippen LogP contribution is -2.11. The minimum atomic E-state index is 0.407. The van der Waals surface area contributed by atoms with Gasteiger partial charge in [0.25, 0.3) is 0 Å². The topological polar surface area (TPSA) is 0 Å².